The number of carbonyl (C=O) groups excluding carboxylic acids is 3. The van der Waals surface area contributed by atoms with Crippen LogP contribution >= 0.6 is 0 Å². The van der Waals surface area contributed by atoms with Gasteiger partial charge in [-0.15, -0.1) is 0 Å². The molecule has 0 unspecified atom stereocenters. The van der Waals surface area contributed by atoms with Gasteiger partial charge in [-0.3, -0.25) is 19.8 Å². The molecule has 21 heavy (non-hydrogen) atoms. The molecule has 1 atom stereocenters. The smallest absolute Gasteiger partial charge is 0.323 e. The lowest BCUT2D eigenvalue weighted by Crippen LogP contribution is -2.43. The molecule has 1 heterocycles. The molecule has 2 N–H and O–H groups in total. The second kappa shape index (κ2) is 7.40. The van der Waals surface area contributed by atoms with E-state index in [0.717, 1.165) is 19.4 Å². The summed E-state index contributed by atoms with van der Waals surface area (Å²) in [5.74, 6) is -0.601. The molecule has 0 aliphatic carbocycles. The molecule has 0 radical (unpaired) electrons. The van der Waals surface area contributed by atoms with E-state index in [0.29, 0.717) is 6.54 Å². The fourth-order valence-corrected chi connectivity index (χ4v) is 2.23. The third kappa shape index (κ3) is 6.12. The van der Waals surface area contributed by atoms with Gasteiger partial charge >= 0.3 is 12.0 Å². The zero-order valence-electron chi connectivity index (χ0n) is 13.2. The zero-order valence-corrected chi connectivity index (χ0v) is 13.2. The van der Waals surface area contributed by atoms with Gasteiger partial charge in [0.1, 0.15) is 11.6 Å². The molecule has 7 heteroatoms. The van der Waals surface area contributed by atoms with E-state index in [2.05, 4.69) is 10.6 Å². The van der Waals surface area contributed by atoms with E-state index in [1.54, 1.807) is 0 Å². The van der Waals surface area contributed by atoms with Crippen molar-refractivity contribution in [1.82, 2.24) is 15.5 Å². The monoisotopic (exact) mass is 299 g/mol. The van der Waals surface area contributed by atoms with Crippen LogP contribution in [0.5, 0.6) is 0 Å². The molecule has 0 aromatic carbocycles. The predicted octanol–water partition coefficient (Wildman–Crippen LogP) is 0.638. The van der Waals surface area contributed by atoms with E-state index in [1.165, 1.54) is 7.05 Å². The number of urea groups is 1. The fraction of sp³-hybridized carbons (Fsp3) is 0.786. The summed E-state index contributed by atoms with van der Waals surface area (Å²) >= 11 is 0. The number of rotatable bonds is 4. The van der Waals surface area contributed by atoms with Crippen LogP contribution in [-0.4, -0.2) is 54.6 Å². The van der Waals surface area contributed by atoms with E-state index in [4.69, 9.17) is 4.74 Å². The molecule has 0 saturated carbocycles. The first-order chi connectivity index (χ1) is 9.73. The van der Waals surface area contributed by atoms with Gasteiger partial charge in [-0.2, -0.15) is 0 Å². The zero-order chi connectivity index (χ0) is 16.0. The van der Waals surface area contributed by atoms with Crippen molar-refractivity contribution in [2.45, 2.75) is 51.7 Å². The van der Waals surface area contributed by atoms with Gasteiger partial charge in [-0.25, -0.2) is 4.79 Å². The van der Waals surface area contributed by atoms with Crippen LogP contribution in [0.3, 0.4) is 0 Å². The highest BCUT2D eigenvalue weighted by Gasteiger charge is 2.34. The van der Waals surface area contributed by atoms with Gasteiger partial charge in [0.05, 0.1) is 0 Å². The minimum atomic E-state index is -0.523. The van der Waals surface area contributed by atoms with E-state index in [-0.39, 0.29) is 24.3 Å². The highest BCUT2D eigenvalue weighted by atomic mass is 16.6. The topological polar surface area (TPSA) is 87.7 Å². The molecule has 0 spiro atoms. The Kier molecular flexibility index (Phi) is 6.14. The first-order valence-electron chi connectivity index (χ1n) is 7.21. The van der Waals surface area contributed by atoms with Crippen molar-refractivity contribution in [3.8, 4) is 0 Å². The highest BCUT2D eigenvalue weighted by Crippen LogP contribution is 2.21. The van der Waals surface area contributed by atoms with Crippen molar-refractivity contribution in [3.63, 3.8) is 0 Å². The lowest BCUT2D eigenvalue weighted by atomic mass is 10.1. The maximum atomic E-state index is 12.1. The number of esters is 1. The van der Waals surface area contributed by atoms with Crippen LogP contribution in [0, 0.1) is 0 Å². The number of ether oxygens (including phenoxy) is 1. The Bertz CT molecular complexity index is 404. The molecule has 7 nitrogen and oxygen atoms in total. The molecule has 3 amide bonds. The summed E-state index contributed by atoms with van der Waals surface area (Å²) in [5.41, 5.74) is -0.512. The first kappa shape index (κ1) is 17.4. The van der Waals surface area contributed by atoms with Gasteiger partial charge in [-0.1, -0.05) is 0 Å². The van der Waals surface area contributed by atoms with E-state index < -0.39 is 11.6 Å². The van der Waals surface area contributed by atoms with Crippen molar-refractivity contribution < 1.29 is 19.1 Å². The van der Waals surface area contributed by atoms with Gasteiger partial charge in [-0.05, 0) is 40.2 Å². The third-order valence-electron chi connectivity index (χ3n) is 3.15. The van der Waals surface area contributed by atoms with Gasteiger partial charge in [0.25, 0.3) is 0 Å². The van der Waals surface area contributed by atoms with Crippen LogP contribution < -0.4 is 10.6 Å². The summed E-state index contributed by atoms with van der Waals surface area (Å²) in [7, 11) is 1.45. The second-order valence-corrected chi connectivity index (χ2v) is 6.10. The summed E-state index contributed by atoms with van der Waals surface area (Å²) in [5, 5.41) is 4.52. The number of carbonyl (C=O) groups is 3. The Labute approximate surface area is 125 Å². The van der Waals surface area contributed by atoms with Crippen LogP contribution in [0.15, 0.2) is 0 Å². The van der Waals surface area contributed by atoms with Crippen LogP contribution in [0.25, 0.3) is 0 Å². The normalized spacial score (nSPS) is 19.1. The Morgan fingerprint density at radius 3 is 2.52 bits per heavy atom. The molecule has 0 bridgehead atoms. The average Bonchev–Trinajstić information content (AvgIpc) is 2.82. The van der Waals surface area contributed by atoms with Crippen molar-refractivity contribution in [3.05, 3.63) is 0 Å². The standard InChI is InChI=1S/C14H25N3O4/c1-14(2,3)21-12(19)10-6-5-8-17(10)9-7-11(18)16-13(20)15-4/h10H,5-9H2,1-4H3,(H2,15,16,18,20)/t10-/m1/s1. The number of hydrogen-bond acceptors (Lipinski definition) is 5. The van der Waals surface area contributed by atoms with Crippen LogP contribution in [0.4, 0.5) is 4.79 Å². The Hall–Kier alpha value is -1.63. The minimum absolute atomic E-state index is 0.173. The summed E-state index contributed by atoms with van der Waals surface area (Å²) in [6.07, 6.45) is 1.82. The van der Waals surface area contributed by atoms with Crippen molar-refractivity contribution in [2.75, 3.05) is 20.1 Å². The lowest BCUT2D eigenvalue weighted by molar-refractivity contribution is -0.160. The van der Waals surface area contributed by atoms with Crippen LogP contribution in [0.2, 0.25) is 0 Å². The molecule has 1 saturated heterocycles. The number of nitrogens with zero attached hydrogens (tertiary/aromatic N) is 1. The molecule has 1 rings (SSSR count). The van der Waals surface area contributed by atoms with Crippen molar-refractivity contribution in [1.29, 1.82) is 0 Å². The molecular formula is C14H25N3O4. The van der Waals surface area contributed by atoms with Gasteiger partial charge < -0.3 is 10.1 Å². The molecule has 120 valence electrons. The number of likely N-dealkylation sites (tertiary alicyclic amines) is 1. The van der Waals surface area contributed by atoms with Crippen LogP contribution in [-0.2, 0) is 14.3 Å². The maximum absolute atomic E-state index is 12.1. The van der Waals surface area contributed by atoms with Crippen molar-refractivity contribution in [2.24, 2.45) is 0 Å². The summed E-state index contributed by atoms with van der Waals surface area (Å²) in [6, 6.07) is -0.817. The van der Waals surface area contributed by atoms with E-state index in [9.17, 15) is 14.4 Å². The second-order valence-electron chi connectivity index (χ2n) is 6.10. The number of hydrogen-bond donors (Lipinski definition) is 2. The van der Waals surface area contributed by atoms with E-state index in [1.807, 2.05) is 25.7 Å². The third-order valence-corrected chi connectivity index (χ3v) is 3.15. The summed E-state index contributed by atoms with van der Waals surface area (Å²) in [6.45, 7) is 6.70. The first-order valence-corrected chi connectivity index (χ1v) is 7.21. The van der Waals surface area contributed by atoms with E-state index >= 15 is 0 Å². The summed E-state index contributed by atoms with van der Waals surface area (Å²) in [4.78, 5) is 36.6. The van der Waals surface area contributed by atoms with Crippen molar-refractivity contribution >= 4 is 17.9 Å². The number of amides is 3. The lowest BCUT2D eigenvalue weighted by Gasteiger charge is -2.27. The quantitative estimate of drug-likeness (QED) is 0.744. The van der Waals surface area contributed by atoms with Gasteiger partial charge in [0.15, 0.2) is 0 Å². The largest absolute Gasteiger partial charge is 0.459 e. The predicted molar refractivity (Wildman–Crippen MR) is 77.7 cm³/mol. The highest BCUT2D eigenvalue weighted by molar-refractivity contribution is 5.94. The number of nitrogens with one attached hydrogen (secondary N) is 2. The molecule has 0 aromatic heterocycles. The van der Waals surface area contributed by atoms with Gasteiger partial charge in [0.2, 0.25) is 5.91 Å². The molecule has 1 aliphatic heterocycles. The maximum Gasteiger partial charge on any atom is 0.323 e. The Morgan fingerprint density at radius 2 is 1.95 bits per heavy atom. The van der Waals surface area contributed by atoms with Crippen LogP contribution in [0.1, 0.15) is 40.0 Å². The molecule has 0 aromatic rings. The summed E-state index contributed by atoms with van der Waals surface area (Å²) < 4.78 is 5.40. The number of imide groups is 1. The average molecular weight is 299 g/mol. The fourth-order valence-electron chi connectivity index (χ4n) is 2.23. The Morgan fingerprint density at radius 1 is 1.29 bits per heavy atom. The molecule has 1 fully saturated rings. The minimum Gasteiger partial charge on any atom is -0.459 e. The molecule has 1 aliphatic rings. The molecular weight excluding hydrogens is 274 g/mol. The Balaban J connectivity index is 2.45. The SMILES string of the molecule is CNC(=O)NC(=O)CCN1CCC[C@@H]1C(=O)OC(C)(C)C. The van der Waals surface area contributed by atoms with Gasteiger partial charge in [0, 0.05) is 20.0 Å².